The Morgan fingerprint density at radius 2 is 1.73 bits per heavy atom. The van der Waals surface area contributed by atoms with Crippen LogP contribution >= 0.6 is 24.0 Å². The zero-order valence-electron chi connectivity index (χ0n) is 16.1. The van der Waals surface area contributed by atoms with Crippen molar-refractivity contribution in [3.63, 3.8) is 0 Å². The number of benzene rings is 1. The third-order valence-corrected chi connectivity index (χ3v) is 3.38. The molecule has 0 aliphatic heterocycles. The van der Waals surface area contributed by atoms with Crippen molar-refractivity contribution < 1.29 is 9.59 Å². The molecule has 7 nitrogen and oxygen atoms in total. The van der Waals surface area contributed by atoms with Crippen LogP contribution in [0.4, 0.5) is 0 Å². The van der Waals surface area contributed by atoms with E-state index in [1.807, 2.05) is 38.1 Å². The molecule has 1 aromatic rings. The molecule has 0 saturated carbocycles. The van der Waals surface area contributed by atoms with Gasteiger partial charge in [-0.3, -0.25) is 14.6 Å². The molecule has 8 heteroatoms. The smallest absolute Gasteiger partial charge is 0.253 e. The Kier molecular flexibility index (Phi) is 11.6. The lowest BCUT2D eigenvalue weighted by molar-refractivity contribution is -0.121. The molecule has 0 aliphatic carbocycles. The van der Waals surface area contributed by atoms with Crippen LogP contribution in [0, 0.1) is 0 Å². The zero-order valence-corrected chi connectivity index (χ0v) is 18.5. The quantitative estimate of drug-likeness (QED) is 0.318. The van der Waals surface area contributed by atoms with Crippen molar-refractivity contribution in [2.45, 2.75) is 32.9 Å². The third-order valence-electron chi connectivity index (χ3n) is 3.38. The summed E-state index contributed by atoms with van der Waals surface area (Å²) in [5.41, 5.74) is 1.70. The largest absolute Gasteiger partial charge is 0.356 e. The Bertz CT molecular complexity index is 600. The normalized spacial score (nSPS) is 10.8. The molecular formula is C18H30IN5O2. The first-order valence-electron chi connectivity index (χ1n) is 8.38. The van der Waals surface area contributed by atoms with E-state index in [1.54, 1.807) is 26.0 Å². The highest BCUT2D eigenvalue weighted by molar-refractivity contribution is 14.0. The van der Waals surface area contributed by atoms with Crippen LogP contribution < -0.4 is 16.0 Å². The minimum absolute atomic E-state index is 0. The molecule has 0 unspecified atom stereocenters. The molecule has 146 valence electrons. The summed E-state index contributed by atoms with van der Waals surface area (Å²) in [4.78, 5) is 29.1. The second-order valence-electron chi connectivity index (χ2n) is 6.22. The topological polar surface area (TPSA) is 85.8 Å². The number of rotatable bonds is 7. The first kappa shape index (κ1) is 24.2. The van der Waals surface area contributed by atoms with Gasteiger partial charge in [0, 0.05) is 52.3 Å². The van der Waals surface area contributed by atoms with Gasteiger partial charge >= 0.3 is 0 Å². The van der Waals surface area contributed by atoms with Gasteiger partial charge in [-0.2, -0.15) is 0 Å². The molecule has 0 radical (unpaired) electrons. The zero-order chi connectivity index (χ0) is 18.8. The van der Waals surface area contributed by atoms with Gasteiger partial charge in [0.2, 0.25) is 5.91 Å². The van der Waals surface area contributed by atoms with Gasteiger partial charge in [0.15, 0.2) is 5.96 Å². The number of halogens is 1. The van der Waals surface area contributed by atoms with Crippen molar-refractivity contribution in [2.75, 3.05) is 27.7 Å². The van der Waals surface area contributed by atoms with Gasteiger partial charge in [-0.15, -0.1) is 24.0 Å². The summed E-state index contributed by atoms with van der Waals surface area (Å²) in [6.07, 6.45) is 0.389. The van der Waals surface area contributed by atoms with E-state index >= 15 is 0 Å². The van der Waals surface area contributed by atoms with E-state index in [9.17, 15) is 9.59 Å². The van der Waals surface area contributed by atoms with Crippen LogP contribution in [0.5, 0.6) is 0 Å². The molecule has 26 heavy (non-hydrogen) atoms. The fraction of sp³-hybridized carbons (Fsp3) is 0.500. The Labute approximate surface area is 173 Å². The van der Waals surface area contributed by atoms with Crippen LogP contribution in [0.15, 0.2) is 29.3 Å². The van der Waals surface area contributed by atoms with Gasteiger partial charge in [0.25, 0.3) is 5.91 Å². The van der Waals surface area contributed by atoms with Gasteiger partial charge in [0.05, 0.1) is 0 Å². The van der Waals surface area contributed by atoms with E-state index in [1.165, 1.54) is 0 Å². The minimum Gasteiger partial charge on any atom is -0.356 e. The summed E-state index contributed by atoms with van der Waals surface area (Å²) < 4.78 is 0. The first-order valence-corrected chi connectivity index (χ1v) is 8.38. The highest BCUT2D eigenvalue weighted by Crippen LogP contribution is 2.06. The van der Waals surface area contributed by atoms with E-state index in [2.05, 4.69) is 20.9 Å². The Morgan fingerprint density at radius 1 is 1.12 bits per heavy atom. The summed E-state index contributed by atoms with van der Waals surface area (Å²) in [6, 6.07) is 7.59. The molecule has 0 heterocycles. The van der Waals surface area contributed by atoms with E-state index in [4.69, 9.17) is 0 Å². The molecule has 1 aromatic carbocycles. The van der Waals surface area contributed by atoms with Crippen molar-refractivity contribution in [1.82, 2.24) is 20.9 Å². The lowest BCUT2D eigenvalue weighted by atomic mass is 10.1. The van der Waals surface area contributed by atoms with Crippen molar-refractivity contribution >= 4 is 41.8 Å². The molecular weight excluding hydrogens is 445 g/mol. The van der Waals surface area contributed by atoms with Crippen molar-refractivity contribution in [2.24, 2.45) is 4.99 Å². The number of carbonyl (C=O) groups is 2. The fourth-order valence-corrected chi connectivity index (χ4v) is 2.12. The number of amides is 2. The number of guanidine groups is 1. The summed E-state index contributed by atoms with van der Waals surface area (Å²) in [6.45, 7) is 4.95. The lowest BCUT2D eigenvalue weighted by Crippen LogP contribution is -2.39. The maximum atomic E-state index is 11.9. The van der Waals surface area contributed by atoms with Gasteiger partial charge in [-0.1, -0.05) is 12.1 Å². The van der Waals surface area contributed by atoms with E-state index < -0.39 is 0 Å². The molecule has 0 saturated heterocycles. The maximum Gasteiger partial charge on any atom is 0.253 e. The van der Waals surface area contributed by atoms with Crippen LogP contribution in [0.3, 0.4) is 0 Å². The average molecular weight is 475 g/mol. The minimum atomic E-state index is -0.0170. The molecule has 3 N–H and O–H groups in total. The Balaban J connectivity index is 0.00000625. The molecule has 0 aromatic heterocycles. The number of hydrogen-bond donors (Lipinski definition) is 3. The first-order chi connectivity index (χ1) is 11.8. The predicted octanol–water partition coefficient (Wildman–Crippen LogP) is 1.59. The fourth-order valence-electron chi connectivity index (χ4n) is 2.12. The third kappa shape index (κ3) is 9.02. The number of nitrogens with one attached hydrogen (secondary N) is 3. The second-order valence-corrected chi connectivity index (χ2v) is 6.22. The maximum absolute atomic E-state index is 11.9. The SMILES string of the molecule is CN=C(NCCC(=O)NC(C)C)NCc1ccc(C(=O)N(C)C)cc1.I. The van der Waals surface area contributed by atoms with Crippen molar-refractivity contribution in [1.29, 1.82) is 0 Å². The van der Waals surface area contributed by atoms with Crippen LogP contribution in [0.1, 0.15) is 36.2 Å². The van der Waals surface area contributed by atoms with Crippen molar-refractivity contribution in [3.05, 3.63) is 35.4 Å². The van der Waals surface area contributed by atoms with Gasteiger partial charge in [0.1, 0.15) is 0 Å². The summed E-state index contributed by atoms with van der Waals surface area (Å²) in [7, 11) is 5.14. The highest BCUT2D eigenvalue weighted by Gasteiger charge is 2.07. The molecule has 1 rings (SSSR count). The van der Waals surface area contributed by atoms with E-state index in [-0.39, 0.29) is 41.8 Å². The van der Waals surface area contributed by atoms with E-state index in [0.717, 1.165) is 5.56 Å². The van der Waals surface area contributed by atoms with Gasteiger partial charge in [-0.05, 0) is 31.5 Å². The van der Waals surface area contributed by atoms with Gasteiger partial charge < -0.3 is 20.9 Å². The molecule has 2 amide bonds. The van der Waals surface area contributed by atoms with Crippen LogP contribution in [0.2, 0.25) is 0 Å². The van der Waals surface area contributed by atoms with Crippen LogP contribution in [0.25, 0.3) is 0 Å². The summed E-state index contributed by atoms with van der Waals surface area (Å²) in [5, 5.41) is 9.13. The molecule has 0 atom stereocenters. The standard InChI is InChI=1S/C18H29N5O2.HI/c1-13(2)22-16(24)10-11-20-18(19-3)21-12-14-6-8-15(9-7-14)17(25)23(4)5;/h6-9,13H,10-12H2,1-5H3,(H,22,24)(H2,19,20,21);1H. The predicted molar refractivity (Wildman–Crippen MR) is 116 cm³/mol. The molecule has 0 spiro atoms. The lowest BCUT2D eigenvalue weighted by Gasteiger charge is -2.13. The Hall–Kier alpha value is -1.84. The number of aliphatic imine (C=N–C) groups is 1. The van der Waals surface area contributed by atoms with Crippen LogP contribution in [-0.2, 0) is 11.3 Å². The van der Waals surface area contributed by atoms with Gasteiger partial charge in [-0.25, -0.2) is 0 Å². The average Bonchev–Trinajstić information content (AvgIpc) is 2.57. The highest BCUT2D eigenvalue weighted by atomic mass is 127. The molecule has 0 bridgehead atoms. The summed E-state index contributed by atoms with van der Waals surface area (Å²) >= 11 is 0. The molecule has 0 aliphatic rings. The monoisotopic (exact) mass is 475 g/mol. The number of nitrogens with zero attached hydrogens (tertiary/aromatic N) is 2. The molecule has 0 fully saturated rings. The summed E-state index contributed by atoms with van der Waals surface area (Å²) in [5.74, 6) is 0.626. The second kappa shape index (κ2) is 12.5. The Morgan fingerprint density at radius 3 is 2.23 bits per heavy atom. The van der Waals surface area contributed by atoms with Crippen LogP contribution in [-0.4, -0.2) is 56.4 Å². The van der Waals surface area contributed by atoms with E-state index in [0.29, 0.717) is 31.0 Å². The van der Waals surface area contributed by atoms with Crippen molar-refractivity contribution in [3.8, 4) is 0 Å². The number of carbonyl (C=O) groups excluding carboxylic acids is 2. The number of hydrogen-bond acceptors (Lipinski definition) is 3.